The summed E-state index contributed by atoms with van der Waals surface area (Å²) in [4.78, 5) is 23.8. The van der Waals surface area contributed by atoms with E-state index in [1.165, 1.54) is 0 Å². The number of carbonyl (C=O) groups is 2. The van der Waals surface area contributed by atoms with Gasteiger partial charge in [0.1, 0.15) is 0 Å². The van der Waals surface area contributed by atoms with Crippen molar-refractivity contribution in [3.63, 3.8) is 0 Å². The summed E-state index contributed by atoms with van der Waals surface area (Å²) in [6.45, 7) is 7.96. The van der Waals surface area contributed by atoms with E-state index in [0.29, 0.717) is 30.9 Å². The van der Waals surface area contributed by atoms with Gasteiger partial charge in [0.25, 0.3) is 5.91 Å². The second kappa shape index (κ2) is 8.54. The van der Waals surface area contributed by atoms with Crippen LogP contribution >= 0.6 is 0 Å². The van der Waals surface area contributed by atoms with Gasteiger partial charge < -0.3 is 15.7 Å². The molecule has 0 aliphatic rings. The molecule has 0 aliphatic carbocycles. The summed E-state index contributed by atoms with van der Waals surface area (Å²) in [6.07, 6.45) is 0.565. The largest absolute Gasteiger partial charge is 0.393 e. The van der Waals surface area contributed by atoms with Gasteiger partial charge in [-0.05, 0) is 49.9 Å². The lowest BCUT2D eigenvalue weighted by Gasteiger charge is -2.12. The molecule has 3 N–H and O–H groups in total. The van der Waals surface area contributed by atoms with E-state index in [-0.39, 0.29) is 11.8 Å². The summed E-state index contributed by atoms with van der Waals surface area (Å²) in [6, 6.07) is 5.19. The van der Waals surface area contributed by atoms with E-state index in [1.807, 2.05) is 20.8 Å². The number of amides is 2. The predicted octanol–water partition coefficient (Wildman–Crippen LogP) is 2.48. The van der Waals surface area contributed by atoms with E-state index in [9.17, 15) is 14.7 Å². The van der Waals surface area contributed by atoms with Gasteiger partial charge >= 0.3 is 0 Å². The maximum Gasteiger partial charge on any atom is 0.251 e. The number of aliphatic hydroxyl groups excluding tert-OH is 1. The third-order valence-electron chi connectivity index (χ3n) is 3.20. The van der Waals surface area contributed by atoms with E-state index in [1.54, 1.807) is 25.1 Å². The Balaban J connectivity index is 2.64. The van der Waals surface area contributed by atoms with Crippen molar-refractivity contribution in [3.8, 4) is 0 Å². The number of carbonyl (C=O) groups excluding carboxylic acids is 2. The predicted molar refractivity (Wildman–Crippen MR) is 87.9 cm³/mol. The fraction of sp³-hybridized carbons (Fsp3) is 0.529. The monoisotopic (exact) mass is 306 g/mol. The molecule has 0 saturated heterocycles. The molecule has 22 heavy (non-hydrogen) atoms. The van der Waals surface area contributed by atoms with Gasteiger partial charge in [0.2, 0.25) is 5.91 Å². The number of benzene rings is 1. The Morgan fingerprint density at radius 1 is 1.23 bits per heavy atom. The van der Waals surface area contributed by atoms with Crippen LogP contribution in [0.15, 0.2) is 18.2 Å². The highest BCUT2D eigenvalue weighted by molar-refractivity contribution is 5.96. The van der Waals surface area contributed by atoms with Crippen LogP contribution in [0.4, 0.5) is 5.69 Å². The van der Waals surface area contributed by atoms with Gasteiger partial charge in [-0.15, -0.1) is 0 Å². The zero-order valence-electron chi connectivity index (χ0n) is 13.8. The zero-order valence-corrected chi connectivity index (χ0v) is 13.8. The second-order valence-corrected chi connectivity index (χ2v) is 6.07. The van der Waals surface area contributed by atoms with Crippen molar-refractivity contribution in [2.45, 2.75) is 46.6 Å². The number of hydrogen-bond acceptors (Lipinski definition) is 3. The number of hydrogen-bond donors (Lipinski definition) is 3. The first-order valence-electron chi connectivity index (χ1n) is 7.66. The molecule has 0 aromatic heterocycles. The number of aliphatic hydroxyl groups is 1. The minimum absolute atomic E-state index is 0.0211. The second-order valence-electron chi connectivity index (χ2n) is 6.07. The lowest BCUT2D eigenvalue weighted by molar-refractivity contribution is -0.116. The van der Waals surface area contributed by atoms with Crippen molar-refractivity contribution in [1.29, 1.82) is 0 Å². The molecule has 0 radical (unpaired) electrons. The van der Waals surface area contributed by atoms with Gasteiger partial charge in [0.15, 0.2) is 0 Å². The van der Waals surface area contributed by atoms with E-state index in [0.717, 1.165) is 11.3 Å². The molecule has 0 saturated carbocycles. The molecule has 0 heterocycles. The molecule has 1 atom stereocenters. The van der Waals surface area contributed by atoms with Crippen molar-refractivity contribution < 1.29 is 14.7 Å². The highest BCUT2D eigenvalue weighted by Gasteiger charge is 2.10. The Kier molecular flexibility index (Phi) is 7.05. The molecule has 1 aromatic carbocycles. The average molecular weight is 306 g/mol. The van der Waals surface area contributed by atoms with E-state index in [4.69, 9.17) is 0 Å². The Hall–Kier alpha value is -1.88. The molecular weight excluding hydrogens is 280 g/mol. The van der Waals surface area contributed by atoms with Crippen LogP contribution in [0.1, 0.15) is 49.5 Å². The van der Waals surface area contributed by atoms with E-state index < -0.39 is 6.10 Å². The van der Waals surface area contributed by atoms with Crippen LogP contribution in [-0.2, 0) is 4.79 Å². The van der Waals surface area contributed by atoms with Gasteiger partial charge in [-0.1, -0.05) is 13.8 Å². The van der Waals surface area contributed by atoms with Crippen molar-refractivity contribution in [2.75, 3.05) is 11.9 Å². The van der Waals surface area contributed by atoms with Crippen molar-refractivity contribution in [3.05, 3.63) is 29.3 Å². The number of rotatable bonds is 7. The van der Waals surface area contributed by atoms with E-state index in [2.05, 4.69) is 10.6 Å². The maximum atomic E-state index is 12.0. The topological polar surface area (TPSA) is 78.4 Å². The molecule has 122 valence electrons. The van der Waals surface area contributed by atoms with Crippen LogP contribution in [0.2, 0.25) is 0 Å². The summed E-state index contributed by atoms with van der Waals surface area (Å²) in [5.41, 5.74) is 2.12. The van der Waals surface area contributed by atoms with Gasteiger partial charge in [0.05, 0.1) is 6.10 Å². The van der Waals surface area contributed by atoms with Gasteiger partial charge in [-0.25, -0.2) is 0 Å². The quantitative estimate of drug-likeness (QED) is 0.724. The smallest absolute Gasteiger partial charge is 0.251 e. The van der Waals surface area contributed by atoms with Crippen LogP contribution in [0, 0.1) is 12.8 Å². The van der Waals surface area contributed by atoms with Crippen molar-refractivity contribution in [2.24, 2.45) is 5.92 Å². The molecule has 2 amide bonds. The van der Waals surface area contributed by atoms with Crippen LogP contribution < -0.4 is 10.6 Å². The molecule has 1 unspecified atom stereocenters. The Morgan fingerprint density at radius 3 is 2.45 bits per heavy atom. The zero-order chi connectivity index (χ0) is 16.7. The number of aryl methyl sites for hydroxylation is 1. The summed E-state index contributed by atoms with van der Waals surface area (Å²) in [5, 5.41) is 14.8. The summed E-state index contributed by atoms with van der Waals surface area (Å²) < 4.78 is 0. The Bertz CT molecular complexity index is 525. The third-order valence-corrected chi connectivity index (χ3v) is 3.20. The molecule has 0 fully saturated rings. The van der Waals surface area contributed by atoms with Crippen LogP contribution in [0.3, 0.4) is 0 Å². The first-order chi connectivity index (χ1) is 10.3. The third kappa shape index (κ3) is 6.26. The molecule has 1 rings (SSSR count). The Morgan fingerprint density at radius 2 is 1.91 bits per heavy atom. The first-order valence-corrected chi connectivity index (χ1v) is 7.66. The van der Waals surface area contributed by atoms with Crippen molar-refractivity contribution in [1.82, 2.24) is 5.32 Å². The lowest BCUT2D eigenvalue weighted by atomic mass is 10.1. The number of anilines is 1. The lowest BCUT2D eigenvalue weighted by Crippen LogP contribution is -2.26. The van der Waals surface area contributed by atoms with Gasteiger partial charge in [0, 0.05) is 24.2 Å². The molecule has 1 aromatic rings. The fourth-order valence-electron chi connectivity index (χ4n) is 2.01. The van der Waals surface area contributed by atoms with Crippen LogP contribution in [-0.4, -0.2) is 29.6 Å². The minimum Gasteiger partial charge on any atom is -0.393 e. The highest BCUT2D eigenvalue weighted by Crippen LogP contribution is 2.17. The van der Waals surface area contributed by atoms with Crippen molar-refractivity contribution >= 4 is 17.5 Å². The summed E-state index contributed by atoms with van der Waals surface area (Å²) in [5.74, 6) is 0.107. The molecular formula is C17H26N2O3. The minimum atomic E-state index is -0.430. The van der Waals surface area contributed by atoms with Gasteiger partial charge in [-0.3, -0.25) is 9.59 Å². The van der Waals surface area contributed by atoms with Crippen LogP contribution in [0.5, 0.6) is 0 Å². The first kappa shape index (κ1) is 18.2. The fourth-order valence-corrected chi connectivity index (χ4v) is 2.01. The average Bonchev–Trinajstić information content (AvgIpc) is 2.39. The summed E-state index contributed by atoms with van der Waals surface area (Å²) >= 11 is 0. The van der Waals surface area contributed by atoms with Crippen LogP contribution in [0.25, 0.3) is 0 Å². The molecule has 0 bridgehead atoms. The molecule has 5 nitrogen and oxygen atoms in total. The molecule has 0 spiro atoms. The number of nitrogens with one attached hydrogen (secondary N) is 2. The normalized spacial score (nSPS) is 12.1. The highest BCUT2D eigenvalue weighted by atomic mass is 16.3. The van der Waals surface area contributed by atoms with Gasteiger partial charge in [-0.2, -0.15) is 0 Å². The maximum absolute atomic E-state index is 12.0. The molecule has 5 heteroatoms. The SMILES string of the molecule is Cc1cc(C(=O)NCCC(C)O)ccc1NC(=O)CC(C)C. The standard InChI is InChI=1S/C17H26N2O3/c1-11(2)9-16(21)19-15-6-5-14(10-12(15)3)17(22)18-8-7-13(4)20/h5-6,10-11,13,20H,7-9H2,1-4H3,(H,18,22)(H,19,21). The molecule has 0 aliphatic heterocycles. The Labute approximate surface area is 132 Å². The summed E-state index contributed by atoms with van der Waals surface area (Å²) in [7, 11) is 0. The van der Waals surface area contributed by atoms with E-state index >= 15 is 0 Å².